The highest BCUT2D eigenvalue weighted by molar-refractivity contribution is 5.77. The molecular weight excluding hydrogens is 319 g/mol. The van der Waals surface area contributed by atoms with Gasteiger partial charge in [0.05, 0.1) is 11.4 Å². The van der Waals surface area contributed by atoms with E-state index < -0.39 is 0 Å². The second-order valence-corrected chi connectivity index (χ2v) is 7.18. The van der Waals surface area contributed by atoms with Crippen molar-refractivity contribution in [3.8, 4) is 5.69 Å². The maximum atomic E-state index is 14.0. The van der Waals surface area contributed by atoms with Crippen LogP contribution < -0.4 is 5.32 Å². The van der Waals surface area contributed by atoms with Crippen LogP contribution in [0.4, 0.5) is 4.39 Å². The summed E-state index contributed by atoms with van der Waals surface area (Å²) in [5, 5.41) is 7.55. The Kier molecular flexibility index (Phi) is 4.07. The van der Waals surface area contributed by atoms with Gasteiger partial charge >= 0.3 is 0 Å². The van der Waals surface area contributed by atoms with Gasteiger partial charge in [0.1, 0.15) is 5.82 Å². The molecular formula is C19H23FN4O. The van der Waals surface area contributed by atoms with E-state index in [1.165, 1.54) is 6.07 Å². The lowest BCUT2D eigenvalue weighted by Gasteiger charge is -2.28. The molecule has 0 saturated carbocycles. The molecule has 1 amide bonds. The molecule has 25 heavy (non-hydrogen) atoms. The first-order valence-corrected chi connectivity index (χ1v) is 8.86. The summed E-state index contributed by atoms with van der Waals surface area (Å²) in [7, 11) is 0. The van der Waals surface area contributed by atoms with Crippen LogP contribution in [0.15, 0.2) is 24.3 Å². The van der Waals surface area contributed by atoms with Crippen LogP contribution >= 0.6 is 0 Å². The topological polar surface area (TPSA) is 50.2 Å². The van der Waals surface area contributed by atoms with Gasteiger partial charge in [-0.3, -0.25) is 9.69 Å². The van der Waals surface area contributed by atoms with Gasteiger partial charge in [0.15, 0.2) is 0 Å². The number of amides is 1. The van der Waals surface area contributed by atoms with Crippen LogP contribution in [0.3, 0.4) is 0 Å². The fourth-order valence-corrected chi connectivity index (χ4v) is 4.19. The Morgan fingerprint density at radius 1 is 1.24 bits per heavy atom. The van der Waals surface area contributed by atoms with Gasteiger partial charge in [-0.15, -0.1) is 0 Å². The minimum Gasteiger partial charge on any atom is -0.354 e. The summed E-state index contributed by atoms with van der Waals surface area (Å²) in [5.74, 6) is -0.119. The van der Waals surface area contributed by atoms with Crippen molar-refractivity contribution in [3.05, 3.63) is 47.0 Å². The number of benzene rings is 1. The minimum atomic E-state index is -0.239. The van der Waals surface area contributed by atoms with Crippen molar-refractivity contribution in [3.63, 3.8) is 0 Å². The van der Waals surface area contributed by atoms with E-state index in [-0.39, 0.29) is 17.8 Å². The smallest absolute Gasteiger partial charge is 0.221 e. The quantitative estimate of drug-likeness (QED) is 0.932. The molecule has 2 aromatic rings. The lowest BCUT2D eigenvalue weighted by atomic mass is 10.1. The number of carbonyl (C=O) groups is 1. The van der Waals surface area contributed by atoms with Gasteiger partial charge in [-0.1, -0.05) is 0 Å². The molecule has 2 atom stereocenters. The molecule has 0 spiro atoms. The average Bonchev–Trinajstić information content (AvgIpc) is 3.03. The lowest BCUT2D eigenvalue weighted by Crippen LogP contribution is -2.37. The normalized spacial score (nSPS) is 23.6. The molecule has 0 radical (unpaired) electrons. The molecule has 0 aliphatic carbocycles. The van der Waals surface area contributed by atoms with E-state index in [9.17, 15) is 9.18 Å². The Hall–Kier alpha value is -2.21. The zero-order valence-electron chi connectivity index (χ0n) is 14.6. The molecule has 2 aliphatic heterocycles. The zero-order chi connectivity index (χ0) is 17.6. The van der Waals surface area contributed by atoms with E-state index >= 15 is 0 Å². The number of nitrogens with one attached hydrogen (secondary N) is 1. The maximum Gasteiger partial charge on any atom is 0.221 e. The Labute approximate surface area is 146 Å². The lowest BCUT2D eigenvalue weighted by molar-refractivity contribution is -0.121. The van der Waals surface area contributed by atoms with Crippen molar-refractivity contribution in [2.75, 3.05) is 6.54 Å². The first kappa shape index (κ1) is 16.3. The summed E-state index contributed by atoms with van der Waals surface area (Å²) in [6.07, 6.45) is 2.64. The largest absolute Gasteiger partial charge is 0.354 e. The number of nitrogens with zero attached hydrogens (tertiary/aromatic N) is 3. The Bertz CT molecular complexity index is 816. The van der Waals surface area contributed by atoms with Gasteiger partial charge in [0, 0.05) is 37.3 Å². The van der Waals surface area contributed by atoms with Crippen LogP contribution in [0, 0.1) is 19.7 Å². The highest BCUT2D eigenvalue weighted by Crippen LogP contribution is 2.31. The third-order valence-electron chi connectivity index (χ3n) is 5.36. The number of aromatic nitrogens is 2. The highest BCUT2D eigenvalue weighted by atomic mass is 19.1. The maximum absolute atomic E-state index is 14.0. The van der Waals surface area contributed by atoms with E-state index in [0.29, 0.717) is 25.6 Å². The monoisotopic (exact) mass is 342 g/mol. The fraction of sp³-hybridized carbons (Fsp3) is 0.474. The van der Waals surface area contributed by atoms with Crippen molar-refractivity contribution in [1.82, 2.24) is 20.0 Å². The molecule has 6 heteroatoms. The average molecular weight is 342 g/mol. The van der Waals surface area contributed by atoms with Crippen LogP contribution in [-0.4, -0.2) is 39.2 Å². The fourth-order valence-electron chi connectivity index (χ4n) is 4.19. The molecule has 0 unspecified atom stereocenters. The summed E-state index contributed by atoms with van der Waals surface area (Å²) in [6.45, 7) is 5.28. The second-order valence-electron chi connectivity index (χ2n) is 7.18. The molecule has 2 fully saturated rings. The van der Waals surface area contributed by atoms with Crippen LogP contribution in [0.1, 0.15) is 36.2 Å². The number of carbonyl (C=O) groups excluding carboxylic acids is 1. The minimum absolute atomic E-state index is 0.121. The van der Waals surface area contributed by atoms with Gasteiger partial charge < -0.3 is 5.32 Å². The Balaban J connectivity index is 1.70. The molecule has 4 rings (SSSR count). The first-order valence-electron chi connectivity index (χ1n) is 8.86. The summed E-state index contributed by atoms with van der Waals surface area (Å²) in [5.41, 5.74) is 3.80. The molecule has 132 valence electrons. The number of halogens is 1. The standard InChI is InChI=1S/C19H23FN4O/c1-12-7-13(2)24(22-12)18-6-3-15(20)8-14(18)11-23-16-4-5-17(23)10-21-19(25)9-16/h3,6-8,16-17H,4-5,9-11H2,1-2H3,(H,21,25)/t16-,17+/m1/s1. The van der Waals surface area contributed by atoms with Crippen LogP contribution in [-0.2, 0) is 11.3 Å². The van der Waals surface area contributed by atoms with Crippen molar-refractivity contribution in [1.29, 1.82) is 0 Å². The van der Waals surface area contributed by atoms with Crippen LogP contribution in [0.25, 0.3) is 5.69 Å². The Morgan fingerprint density at radius 2 is 2.04 bits per heavy atom. The highest BCUT2D eigenvalue weighted by Gasteiger charge is 2.37. The molecule has 2 aliphatic rings. The second kappa shape index (κ2) is 6.26. The van der Waals surface area contributed by atoms with E-state index in [1.807, 2.05) is 24.6 Å². The molecule has 1 aromatic heterocycles. The molecule has 1 N–H and O–H groups in total. The van der Waals surface area contributed by atoms with Gasteiger partial charge in [0.2, 0.25) is 5.91 Å². The summed E-state index contributed by atoms with van der Waals surface area (Å²) < 4.78 is 15.8. The first-order chi connectivity index (χ1) is 12.0. The van der Waals surface area contributed by atoms with Gasteiger partial charge in [-0.25, -0.2) is 9.07 Å². The van der Waals surface area contributed by atoms with Gasteiger partial charge in [0.25, 0.3) is 0 Å². The van der Waals surface area contributed by atoms with Crippen molar-refractivity contribution in [2.24, 2.45) is 0 Å². The number of aryl methyl sites for hydroxylation is 2. The van der Waals surface area contributed by atoms with E-state index in [0.717, 1.165) is 35.5 Å². The molecule has 3 heterocycles. The van der Waals surface area contributed by atoms with Crippen molar-refractivity contribution < 1.29 is 9.18 Å². The van der Waals surface area contributed by atoms with E-state index in [1.54, 1.807) is 12.1 Å². The van der Waals surface area contributed by atoms with Gasteiger partial charge in [-0.05, 0) is 56.5 Å². The molecule has 5 nitrogen and oxygen atoms in total. The van der Waals surface area contributed by atoms with Crippen LogP contribution in [0.2, 0.25) is 0 Å². The summed E-state index contributed by atoms with van der Waals surface area (Å²) in [6, 6.07) is 7.47. The third kappa shape index (κ3) is 3.06. The number of hydrogen-bond acceptors (Lipinski definition) is 3. The van der Waals surface area contributed by atoms with Crippen LogP contribution in [0.5, 0.6) is 0 Å². The molecule has 2 saturated heterocycles. The number of fused-ring (bicyclic) bond motifs is 2. The third-order valence-corrected chi connectivity index (χ3v) is 5.36. The molecule has 2 bridgehead atoms. The van der Waals surface area contributed by atoms with E-state index in [2.05, 4.69) is 15.3 Å². The SMILES string of the molecule is Cc1cc(C)n(-c2ccc(F)cc2CN2[C@@H]3CC[C@H]2CNC(=O)C3)n1. The summed E-state index contributed by atoms with van der Waals surface area (Å²) in [4.78, 5) is 14.2. The van der Waals surface area contributed by atoms with Gasteiger partial charge in [-0.2, -0.15) is 5.10 Å². The van der Waals surface area contributed by atoms with Crippen molar-refractivity contribution >= 4 is 5.91 Å². The molecule has 1 aromatic carbocycles. The predicted octanol–water partition coefficient (Wildman–Crippen LogP) is 2.48. The predicted molar refractivity (Wildman–Crippen MR) is 93.0 cm³/mol. The number of hydrogen-bond donors (Lipinski definition) is 1. The zero-order valence-corrected chi connectivity index (χ0v) is 14.6. The number of rotatable bonds is 3. The van der Waals surface area contributed by atoms with E-state index in [4.69, 9.17) is 0 Å². The Morgan fingerprint density at radius 3 is 2.80 bits per heavy atom. The van der Waals surface area contributed by atoms with Crippen molar-refractivity contribution in [2.45, 2.75) is 51.7 Å². The summed E-state index contributed by atoms with van der Waals surface area (Å²) >= 11 is 0.